The third kappa shape index (κ3) is 2.53. The van der Waals surface area contributed by atoms with Gasteiger partial charge in [-0.2, -0.15) is 0 Å². The number of benzene rings is 1. The Hall–Kier alpha value is -1.09. The van der Waals surface area contributed by atoms with Gasteiger partial charge in [0, 0.05) is 0 Å². The second-order valence-corrected chi connectivity index (χ2v) is 4.77. The Morgan fingerprint density at radius 2 is 2.06 bits per heavy atom. The fourth-order valence-electron chi connectivity index (χ4n) is 2.33. The molecule has 1 saturated heterocycles. The lowest BCUT2D eigenvalue weighted by atomic mass is 9.90. The van der Waals surface area contributed by atoms with Crippen LogP contribution < -0.4 is 5.73 Å². The molecule has 2 N–H and O–H groups in total. The molecule has 3 heteroatoms. The molecule has 0 spiro atoms. The molecule has 1 heterocycles. The summed E-state index contributed by atoms with van der Waals surface area (Å²) in [5, 5.41) is 0. The second kappa shape index (κ2) is 4.83. The van der Waals surface area contributed by atoms with Gasteiger partial charge in [0.2, 0.25) is 0 Å². The highest BCUT2D eigenvalue weighted by atomic mass is 19.1. The summed E-state index contributed by atoms with van der Waals surface area (Å²) in [6.45, 7) is 2.24. The van der Waals surface area contributed by atoms with Crippen molar-refractivity contribution in [3.63, 3.8) is 0 Å². The topological polar surface area (TPSA) is 29.3 Å². The van der Waals surface area contributed by atoms with Crippen LogP contribution in [-0.2, 0) is 6.42 Å². The fraction of sp³-hybridized carbons (Fsp3) is 0.538. The van der Waals surface area contributed by atoms with Gasteiger partial charge >= 0.3 is 0 Å². The monoisotopic (exact) mass is 222 g/mol. The summed E-state index contributed by atoms with van der Waals surface area (Å²) in [6, 6.07) is 5.31. The first-order valence-corrected chi connectivity index (χ1v) is 5.88. The molecule has 0 aromatic heterocycles. The van der Waals surface area contributed by atoms with Crippen LogP contribution in [0.15, 0.2) is 18.2 Å². The van der Waals surface area contributed by atoms with Gasteiger partial charge in [0.25, 0.3) is 0 Å². The minimum atomic E-state index is -0.221. The van der Waals surface area contributed by atoms with E-state index in [1.165, 1.54) is 0 Å². The number of hydrogen-bond donors (Lipinski definition) is 1. The summed E-state index contributed by atoms with van der Waals surface area (Å²) < 4.78 is 13.7. The average Bonchev–Trinajstić information content (AvgIpc) is 2.28. The van der Waals surface area contributed by atoms with Crippen LogP contribution in [-0.4, -0.2) is 25.0 Å². The summed E-state index contributed by atoms with van der Waals surface area (Å²) in [6.07, 6.45) is 3.14. The molecule has 2 rings (SSSR count). The zero-order valence-corrected chi connectivity index (χ0v) is 9.75. The molecule has 1 aromatic rings. The van der Waals surface area contributed by atoms with Crippen LogP contribution >= 0.6 is 0 Å². The zero-order chi connectivity index (χ0) is 11.5. The molecule has 16 heavy (non-hydrogen) atoms. The predicted molar refractivity (Wildman–Crippen MR) is 64.7 cm³/mol. The quantitative estimate of drug-likeness (QED) is 0.778. The van der Waals surface area contributed by atoms with Crippen LogP contribution in [0.5, 0.6) is 0 Å². The number of likely N-dealkylation sites (tertiary alicyclic amines) is 1. The van der Waals surface area contributed by atoms with E-state index in [1.807, 2.05) is 12.1 Å². The van der Waals surface area contributed by atoms with Crippen molar-refractivity contribution in [2.75, 3.05) is 25.9 Å². The number of halogens is 1. The van der Waals surface area contributed by atoms with Gasteiger partial charge in [-0.25, -0.2) is 4.39 Å². The summed E-state index contributed by atoms with van der Waals surface area (Å²) >= 11 is 0. The lowest BCUT2D eigenvalue weighted by Crippen LogP contribution is -2.31. The summed E-state index contributed by atoms with van der Waals surface area (Å²) in [7, 11) is 2.14. The van der Waals surface area contributed by atoms with Crippen molar-refractivity contribution >= 4 is 5.69 Å². The van der Waals surface area contributed by atoms with Crippen molar-refractivity contribution in [2.24, 2.45) is 5.92 Å². The summed E-state index contributed by atoms with van der Waals surface area (Å²) in [5.41, 5.74) is 6.61. The van der Waals surface area contributed by atoms with Gasteiger partial charge in [-0.1, -0.05) is 12.1 Å². The van der Waals surface area contributed by atoms with Crippen LogP contribution in [0, 0.1) is 11.7 Å². The van der Waals surface area contributed by atoms with Crippen LogP contribution in [0.3, 0.4) is 0 Å². The van der Waals surface area contributed by atoms with Gasteiger partial charge in [-0.05, 0) is 56.9 Å². The zero-order valence-electron chi connectivity index (χ0n) is 9.75. The Morgan fingerprint density at radius 1 is 1.38 bits per heavy atom. The van der Waals surface area contributed by atoms with E-state index in [2.05, 4.69) is 11.9 Å². The number of rotatable bonds is 2. The molecule has 0 atom stereocenters. The third-order valence-electron chi connectivity index (χ3n) is 3.46. The highest BCUT2D eigenvalue weighted by Gasteiger charge is 2.18. The minimum absolute atomic E-state index is 0.221. The van der Waals surface area contributed by atoms with Crippen LogP contribution in [0.25, 0.3) is 0 Å². The first-order chi connectivity index (χ1) is 7.66. The van der Waals surface area contributed by atoms with Crippen LogP contribution in [0.2, 0.25) is 0 Å². The Labute approximate surface area is 96.2 Å². The molecule has 0 saturated carbocycles. The number of nitrogen functional groups attached to an aromatic ring is 1. The van der Waals surface area contributed by atoms with Crippen molar-refractivity contribution in [3.05, 3.63) is 29.6 Å². The summed E-state index contributed by atoms with van der Waals surface area (Å²) in [5.74, 6) is 0.383. The lowest BCUT2D eigenvalue weighted by molar-refractivity contribution is 0.218. The molecule has 1 aliphatic rings. The Balaban J connectivity index is 2.01. The molecule has 2 nitrogen and oxygen atoms in total. The highest BCUT2D eigenvalue weighted by Crippen LogP contribution is 2.24. The van der Waals surface area contributed by atoms with E-state index in [0.717, 1.165) is 37.9 Å². The number of hydrogen-bond acceptors (Lipinski definition) is 2. The molecule has 0 unspecified atom stereocenters. The SMILES string of the molecule is CN1CCC(Cc2cccc(N)c2F)CC1. The van der Waals surface area contributed by atoms with Gasteiger partial charge in [0.1, 0.15) is 5.82 Å². The van der Waals surface area contributed by atoms with Crippen molar-refractivity contribution in [2.45, 2.75) is 19.3 Å². The van der Waals surface area contributed by atoms with E-state index in [-0.39, 0.29) is 11.5 Å². The lowest BCUT2D eigenvalue weighted by Gasteiger charge is -2.29. The number of nitrogens with zero attached hydrogens (tertiary/aromatic N) is 1. The molecule has 0 aliphatic carbocycles. The Bertz CT molecular complexity index is 357. The van der Waals surface area contributed by atoms with E-state index < -0.39 is 0 Å². The maximum atomic E-state index is 13.7. The van der Waals surface area contributed by atoms with Crippen molar-refractivity contribution in [1.29, 1.82) is 0 Å². The van der Waals surface area contributed by atoms with E-state index in [4.69, 9.17) is 5.73 Å². The van der Waals surface area contributed by atoms with Crippen LogP contribution in [0.4, 0.5) is 10.1 Å². The van der Waals surface area contributed by atoms with Crippen LogP contribution in [0.1, 0.15) is 18.4 Å². The van der Waals surface area contributed by atoms with Crippen molar-refractivity contribution < 1.29 is 4.39 Å². The molecule has 1 aromatic carbocycles. The number of anilines is 1. The van der Waals surface area contributed by atoms with Gasteiger partial charge < -0.3 is 10.6 Å². The maximum Gasteiger partial charge on any atom is 0.149 e. The van der Waals surface area contributed by atoms with Crippen molar-refractivity contribution in [1.82, 2.24) is 4.90 Å². The number of piperidine rings is 1. The Morgan fingerprint density at radius 3 is 2.75 bits per heavy atom. The molecular weight excluding hydrogens is 203 g/mol. The average molecular weight is 222 g/mol. The number of nitrogens with two attached hydrogens (primary N) is 1. The smallest absolute Gasteiger partial charge is 0.149 e. The van der Waals surface area contributed by atoms with E-state index >= 15 is 0 Å². The third-order valence-corrected chi connectivity index (χ3v) is 3.46. The van der Waals surface area contributed by atoms with Gasteiger partial charge in [0.15, 0.2) is 0 Å². The fourth-order valence-corrected chi connectivity index (χ4v) is 2.33. The molecule has 0 radical (unpaired) electrons. The second-order valence-electron chi connectivity index (χ2n) is 4.77. The van der Waals surface area contributed by atoms with Crippen molar-refractivity contribution in [3.8, 4) is 0 Å². The molecular formula is C13H19FN2. The Kier molecular flexibility index (Phi) is 3.44. The first kappa shape index (κ1) is 11.4. The molecule has 0 bridgehead atoms. The minimum Gasteiger partial charge on any atom is -0.396 e. The van der Waals surface area contributed by atoms with Gasteiger partial charge in [0.05, 0.1) is 5.69 Å². The molecule has 1 aliphatic heterocycles. The summed E-state index contributed by atoms with van der Waals surface area (Å²) in [4.78, 5) is 2.33. The van der Waals surface area contributed by atoms with Gasteiger partial charge in [-0.15, -0.1) is 0 Å². The molecule has 88 valence electrons. The van der Waals surface area contributed by atoms with E-state index in [9.17, 15) is 4.39 Å². The van der Waals surface area contributed by atoms with E-state index in [0.29, 0.717) is 5.92 Å². The van der Waals surface area contributed by atoms with Gasteiger partial charge in [-0.3, -0.25) is 0 Å². The normalized spacial score (nSPS) is 18.9. The largest absolute Gasteiger partial charge is 0.396 e. The molecule has 0 amide bonds. The predicted octanol–water partition coefficient (Wildman–Crippen LogP) is 2.29. The molecule has 1 fully saturated rings. The highest BCUT2D eigenvalue weighted by molar-refractivity contribution is 5.43. The maximum absolute atomic E-state index is 13.7. The van der Waals surface area contributed by atoms with E-state index in [1.54, 1.807) is 6.07 Å². The first-order valence-electron chi connectivity index (χ1n) is 5.88. The standard InChI is InChI=1S/C13H19FN2/c1-16-7-5-10(6-8-16)9-11-3-2-4-12(15)13(11)14/h2-4,10H,5-9,15H2,1H3.